The molecular weight excluding hydrogens is 1100 g/mol. The molecule has 0 bridgehead atoms. The lowest BCUT2D eigenvalue weighted by molar-refractivity contribution is -0.302. The van der Waals surface area contributed by atoms with Gasteiger partial charge in [0.1, 0.15) is 24.4 Å². The second kappa shape index (κ2) is 65.8. The molecule has 1 amide bonds. The molecule has 0 aromatic carbocycles. The summed E-state index contributed by atoms with van der Waals surface area (Å²) in [6.07, 6.45) is 77.9. The summed E-state index contributed by atoms with van der Waals surface area (Å²) in [6.45, 7) is 4.34. The van der Waals surface area contributed by atoms with Gasteiger partial charge in [-0.05, 0) is 89.9 Å². The van der Waals surface area contributed by atoms with Gasteiger partial charge in [-0.2, -0.15) is 0 Å². The van der Waals surface area contributed by atoms with Crippen molar-refractivity contribution in [2.75, 3.05) is 19.8 Å². The maximum Gasteiger partial charge on any atom is 0.305 e. The summed E-state index contributed by atoms with van der Waals surface area (Å²) >= 11 is 0. The van der Waals surface area contributed by atoms with Gasteiger partial charge in [0, 0.05) is 12.8 Å². The van der Waals surface area contributed by atoms with Crippen LogP contribution in [-0.4, -0.2) is 100 Å². The fourth-order valence-electron chi connectivity index (χ4n) is 11.7. The molecule has 1 rings (SSSR count). The first-order chi connectivity index (χ1) is 43.2. The summed E-state index contributed by atoms with van der Waals surface area (Å²) in [5.41, 5.74) is 0. The highest BCUT2D eigenvalue weighted by Gasteiger charge is 2.44. The molecule has 11 nitrogen and oxygen atoms in total. The Morgan fingerprint density at radius 2 is 0.773 bits per heavy atom. The zero-order chi connectivity index (χ0) is 63.7. The SMILES string of the molecule is CCCCCCC/C=C/CC/C=C/CC/C=C/C(O)C(COC1OC(CO)C(O)C(O)C1O)NC(=O)CCCCCCCCCCCCCCCCCCC/C=C\C/C=C\CCCCCCCCCCCOC(=O)CCCCCCCCCCCCCC. The molecule has 0 aromatic rings. The van der Waals surface area contributed by atoms with Gasteiger partial charge in [0.15, 0.2) is 6.29 Å². The molecule has 0 saturated carbocycles. The van der Waals surface area contributed by atoms with Crippen molar-refractivity contribution in [3.8, 4) is 0 Å². The predicted octanol–water partition coefficient (Wildman–Crippen LogP) is 19.7. The van der Waals surface area contributed by atoms with Gasteiger partial charge in [0.25, 0.3) is 0 Å². The summed E-state index contributed by atoms with van der Waals surface area (Å²) in [7, 11) is 0. The van der Waals surface area contributed by atoms with Crippen LogP contribution in [0.1, 0.15) is 354 Å². The van der Waals surface area contributed by atoms with Gasteiger partial charge in [-0.25, -0.2) is 0 Å². The Morgan fingerprint density at radius 1 is 0.420 bits per heavy atom. The zero-order valence-corrected chi connectivity index (χ0v) is 57.2. The van der Waals surface area contributed by atoms with Gasteiger partial charge in [0.2, 0.25) is 5.91 Å². The van der Waals surface area contributed by atoms with Crippen molar-refractivity contribution in [3.63, 3.8) is 0 Å². The fraction of sp³-hybridized carbons (Fsp3) is 0.844. The molecule has 7 atom stereocenters. The highest BCUT2D eigenvalue weighted by atomic mass is 16.7. The summed E-state index contributed by atoms with van der Waals surface area (Å²) in [5.74, 6) is -0.186. The third kappa shape index (κ3) is 54.0. The van der Waals surface area contributed by atoms with Crippen molar-refractivity contribution >= 4 is 11.9 Å². The van der Waals surface area contributed by atoms with E-state index < -0.39 is 49.5 Å². The van der Waals surface area contributed by atoms with E-state index in [1.165, 1.54) is 250 Å². The first-order valence-corrected chi connectivity index (χ1v) is 37.6. The number of nitrogens with one attached hydrogen (secondary N) is 1. The number of aliphatic hydroxyl groups excluding tert-OH is 5. The van der Waals surface area contributed by atoms with Crippen LogP contribution in [-0.2, 0) is 23.8 Å². The first kappa shape index (κ1) is 83.4. The number of unbranched alkanes of at least 4 members (excludes halogenated alkanes) is 44. The van der Waals surface area contributed by atoms with Crippen molar-refractivity contribution < 1.29 is 49.3 Å². The third-order valence-electron chi connectivity index (χ3n) is 17.6. The maximum atomic E-state index is 13.1. The van der Waals surface area contributed by atoms with E-state index in [1.54, 1.807) is 6.08 Å². The molecular formula is C77H141NO10. The molecule has 88 heavy (non-hydrogen) atoms. The second-order valence-electron chi connectivity index (χ2n) is 26.0. The topological polar surface area (TPSA) is 175 Å². The van der Waals surface area contributed by atoms with E-state index in [1.807, 2.05) is 6.08 Å². The minimum Gasteiger partial charge on any atom is -0.466 e. The highest BCUT2D eigenvalue weighted by Crippen LogP contribution is 2.23. The van der Waals surface area contributed by atoms with Gasteiger partial charge in [-0.1, -0.05) is 312 Å². The van der Waals surface area contributed by atoms with Crippen LogP contribution in [0.15, 0.2) is 60.8 Å². The zero-order valence-electron chi connectivity index (χ0n) is 57.2. The van der Waals surface area contributed by atoms with E-state index in [4.69, 9.17) is 14.2 Å². The van der Waals surface area contributed by atoms with Crippen molar-refractivity contribution in [2.45, 2.75) is 397 Å². The molecule has 0 radical (unpaired) electrons. The smallest absolute Gasteiger partial charge is 0.305 e. The van der Waals surface area contributed by atoms with E-state index >= 15 is 0 Å². The van der Waals surface area contributed by atoms with E-state index in [-0.39, 0.29) is 18.5 Å². The number of hydrogen-bond donors (Lipinski definition) is 6. The number of allylic oxidation sites excluding steroid dienone is 9. The molecule has 0 spiro atoms. The van der Waals surface area contributed by atoms with E-state index in [2.05, 4.69) is 67.8 Å². The highest BCUT2D eigenvalue weighted by molar-refractivity contribution is 5.76. The largest absolute Gasteiger partial charge is 0.466 e. The molecule has 11 heteroatoms. The molecule has 1 heterocycles. The van der Waals surface area contributed by atoms with Gasteiger partial charge < -0.3 is 45.1 Å². The van der Waals surface area contributed by atoms with Crippen LogP contribution in [0.2, 0.25) is 0 Å². The standard InChI is InChI=1S/C77H141NO10/c1-3-5-7-9-11-13-15-17-37-40-43-47-51-55-59-63-70(80)69(68-87-77-76(85)75(84)74(83)71(67-79)88-77)78-72(81)64-60-56-52-48-44-41-38-35-33-31-29-27-25-23-21-19-18-20-22-24-26-28-30-32-34-36-39-42-46-50-54-58-62-66-86-73(82)65-61-57-53-49-45-16-14-12-10-8-6-4-2/h15,17,22,24,28,30,43,47,59,63,69-71,74-77,79-80,83-85H,3-14,16,18-21,23,25-27,29,31-42,44-46,48-58,60-62,64-68H2,1-2H3,(H,78,81)/b17-15+,24-22-,30-28-,47-43+,63-59+. The normalized spacial score (nSPS) is 18.1. The van der Waals surface area contributed by atoms with Crippen LogP contribution in [0.25, 0.3) is 0 Å². The van der Waals surface area contributed by atoms with Gasteiger partial charge >= 0.3 is 5.97 Å². The number of amides is 1. The number of carbonyl (C=O) groups excluding carboxylic acids is 2. The minimum absolute atomic E-state index is 0.00727. The van der Waals surface area contributed by atoms with Crippen molar-refractivity contribution in [2.24, 2.45) is 0 Å². The molecule has 1 saturated heterocycles. The molecule has 7 unspecified atom stereocenters. The first-order valence-electron chi connectivity index (χ1n) is 37.6. The maximum absolute atomic E-state index is 13.1. The molecule has 0 aromatic heterocycles. The van der Waals surface area contributed by atoms with E-state index in [9.17, 15) is 35.1 Å². The Balaban J connectivity index is 1.98. The number of aliphatic hydroxyl groups is 5. The summed E-state index contributed by atoms with van der Waals surface area (Å²) < 4.78 is 16.7. The molecule has 1 aliphatic heterocycles. The van der Waals surface area contributed by atoms with Crippen molar-refractivity contribution in [1.29, 1.82) is 0 Å². The number of esters is 1. The average molecular weight is 1240 g/mol. The molecule has 514 valence electrons. The van der Waals surface area contributed by atoms with Crippen LogP contribution >= 0.6 is 0 Å². The van der Waals surface area contributed by atoms with Crippen LogP contribution < -0.4 is 5.32 Å². The molecule has 6 N–H and O–H groups in total. The van der Waals surface area contributed by atoms with E-state index in [0.717, 1.165) is 77.0 Å². The molecule has 0 aliphatic carbocycles. The summed E-state index contributed by atoms with van der Waals surface area (Å²) in [6, 6.07) is -0.835. The number of rotatable bonds is 66. The van der Waals surface area contributed by atoms with Crippen LogP contribution in [0.4, 0.5) is 0 Å². The van der Waals surface area contributed by atoms with Crippen molar-refractivity contribution in [3.05, 3.63) is 60.8 Å². The Hall–Kier alpha value is -2.64. The monoisotopic (exact) mass is 1240 g/mol. The Labute approximate surface area is 541 Å². The number of ether oxygens (including phenoxy) is 3. The third-order valence-corrected chi connectivity index (χ3v) is 17.6. The number of carbonyl (C=O) groups is 2. The number of hydrogen-bond acceptors (Lipinski definition) is 10. The van der Waals surface area contributed by atoms with Crippen LogP contribution in [0, 0.1) is 0 Å². The second-order valence-corrected chi connectivity index (χ2v) is 26.0. The van der Waals surface area contributed by atoms with E-state index in [0.29, 0.717) is 19.4 Å². The van der Waals surface area contributed by atoms with Gasteiger partial charge in [-0.15, -0.1) is 0 Å². The van der Waals surface area contributed by atoms with Gasteiger partial charge in [-0.3, -0.25) is 9.59 Å². The van der Waals surface area contributed by atoms with Gasteiger partial charge in [0.05, 0.1) is 32.0 Å². The summed E-state index contributed by atoms with van der Waals surface area (Å²) in [4.78, 5) is 25.1. The Kier molecular flexibility index (Phi) is 62.4. The predicted molar refractivity (Wildman–Crippen MR) is 370 cm³/mol. The lowest BCUT2D eigenvalue weighted by Crippen LogP contribution is -2.60. The quantitative estimate of drug-likeness (QED) is 0.0195. The Bertz CT molecular complexity index is 1650. The molecule has 1 fully saturated rings. The van der Waals surface area contributed by atoms with Crippen molar-refractivity contribution in [1.82, 2.24) is 5.32 Å². The lowest BCUT2D eigenvalue weighted by atomic mass is 9.99. The average Bonchev–Trinajstić information content (AvgIpc) is 3.68. The summed E-state index contributed by atoms with van der Waals surface area (Å²) in [5, 5.41) is 54.5. The van der Waals surface area contributed by atoms with Crippen LogP contribution in [0.3, 0.4) is 0 Å². The van der Waals surface area contributed by atoms with Crippen LogP contribution in [0.5, 0.6) is 0 Å². The Morgan fingerprint density at radius 3 is 1.19 bits per heavy atom. The fourth-order valence-corrected chi connectivity index (χ4v) is 11.7. The lowest BCUT2D eigenvalue weighted by Gasteiger charge is -2.40. The minimum atomic E-state index is -1.58. The molecule has 1 aliphatic rings.